The molecule has 0 amide bonds. The molecule has 4 aromatic heterocycles. The highest BCUT2D eigenvalue weighted by Crippen LogP contribution is 2.43. The molecule has 4 heterocycles. The summed E-state index contributed by atoms with van der Waals surface area (Å²) in [6, 6.07) is 44.9. The van der Waals surface area contributed by atoms with Crippen LogP contribution in [-0.2, 0) is 0 Å². The highest BCUT2D eigenvalue weighted by Gasteiger charge is 2.22. The van der Waals surface area contributed by atoms with Crippen LogP contribution in [0.4, 0.5) is 0 Å². The fourth-order valence-corrected chi connectivity index (χ4v) is 6.79. The van der Waals surface area contributed by atoms with Gasteiger partial charge in [-0.25, -0.2) is 15.0 Å². The van der Waals surface area contributed by atoms with Gasteiger partial charge in [0.1, 0.15) is 22.3 Å². The first kappa shape index (κ1) is 26.5. The fraction of sp³-hybridized carbons (Fsp3) is 0. The van der Waals surface area contributed by atoms with Gasteiger partial charge in [0.05, 0.1) is 0 Å². The van der Waals surface area contributed by atoms with E-state index in [1.165, 1.54) is 0 Å². The van der Waals surface area contributed by atoms with Gasteiger partial charge >= 0.3 is 0 Å². The summed E-state index contributed by atoms with van der Waals surface area (Å²) < 4.78 is 13.0. The average Bonchev–Trinajstić information content (AvgIpc) is 3.72. The van der Waals surface area contributed by atoms with Crippen molar-refractivity contribution in [3.63, 3.8) is 0 Å². The normalized spacial score (nSPS) is 11.8. The Morgan fingerprint density at radius 3 is 1.94 bits per heavy atom. The molecule has 0 bridgehead atoms. The number of nitrogens with zero attached hydrogens (tertiary/aromatic N) is 4. The number of aromatic nitrogens is 4. The maximum Gasteiger partial charge on any atom is 0.164 e. The SMILES string of the molecule is c1ccc(-c2nc(-c3cccc4oc5ccccc5c34)nc(-c3ccc(-c4ccccc4)c4oc5cc6cnccc6cc5c34)n2)cc1. The topological polar surface area (TPSA) is 77.8 Å². The smallest absolute Gasteiger partial charge is 0.164 e. The number of hydrogen-bond donors (Lipinski definition) is 0. The molecule has 6 nitrogen and oxygen atoms in total. The number of benzene rings is 6. The molecule has 6 heteroatoms. The number of hydrogen-bond acceptors (Lipinski definition) is 6. The third-order valence-electron chi connectivity index (χ3n) is 9.01. The minimum absolute atomic E-state index is 0.561. The summed E-state index contributed by atoms with van der Waals surface area (Å²) in [6.07, 6.45) is 3.68. The molecule has 0 saturated heterocycles. The zero-order valence-corrected chi connectivity index (χ0v) is 25.5. The van der Waals surface area contributed by atoms with Crippen LogP contribution in [0.2, 0.25) is 0 Å². The van der Waals surface area contributed by atoms with Crippen LogP contribution in [0.1, 0.15) is 0 Å². The van der Waals surface area contributed by atoms with Crippen LogP contribution in [0, 0.1) is 0 Å². The molecule has 0 radical (unpaired) electrons. The van der Waals surface area contributed by atoms with Crippen LogP contribution in [0.25, 0.3) is 99.9 Å². The standard InChI is InChI=1S/C42H24N4O2/c1-3-10-25(11-4-1)29-18-19-32(38-33-22-27-20-21-43-24-28(27)23-36(33)48-39(29)38)42-45-40(26-12-5-2-6-13-26)44-41(46-42)31-15-9-17-35-37(31)30-14-7-8-16-34(30)47-35/h1-24H. The molecule has 0 N–H and O–H groups in total. The van der Waals surface area contributed by atoms with Gasteiger partial charge in [0.15, 0.2) is 17.5 Å². The number of pyridine rings is 1. The quantitative estimate of drug-likeness (QED) is 0.196. The van der Waals surface area contributed by atoms with E-state index in [0.29, 0.717) is 17.5 Å². The van der Waals surface area contributed by atoms with E-state index in [1.807, 2.05) is 97.3 Å². The van der Waals surface area contributed by atoms with Crippen LogP contribution in [0.3, 0.4) is 0 Å². The predicted octanol–water partition coefficient (Wildman–Crippen LogP) is 10.9. The lowest BCUT2D eigenvalue weighted by atomic mass is 9.97. The first-order valence-corrected chi connectivity index (χ1v) is 15.8. The second kappa shape index (κ2) is 10.4. The van der Waals surface area contributed by atoms with Gasteiger partial charge in [0.2, 0.25) is 0 Å². The zero-order chi connectivity index (χ0) is 31.6. The van der Waals surface area contributed by atoms with E-state index in [4.69, 9.17) is 23.8 Å². The number of fused-ring (bicyclic) bond motifs is 7. The molecule has 0 saturated carbocycles. The molecule has 0 aliphatic carbocycles. The van der Waals surface area contributed by atoms with Crippen molar-refractivity contribution in [3.8, 4) is 45.3 Å². The maximum absolute atomic E-state index is 6.72. The maximum atomic E-state index is 6.72. The van der Waals surface area contributed by atoms with Gasteiger partial charge in [0.25, 0.3) is 0 Å². The van der Waals surface area contributed by atoms with Crippen LogP contribution in [-0.4, -0.2) is 19.9 Å². The predicted molar refractivity (Wildman–Crippen MR) is 191 cm³/mol. The van der Waals surface area contributed by atoms with Crippen molar-refractivity contribution < 1.29 is 8.83 Å². The minimum Gasteiger partial charge on any atom is -0.456 e. The molecule has 0 atom stereocenters. The summed E-state index contributed by atoms with van der Waals surface area (Å²) >= 11 is 0. The van der Waals surface area contributed by atoms with Gasteiger partial charge in [0, 0.05) is 61.6 Å². The van der Waals surface area contributed by atoms with Crippen LogP contribution in [0.5, 0.6) is 0 Å². The van der Waals surface area contributed by atoms with Crippen molar-refractivity contribution in [1.82, 2.24) is 19.9 Å². The summed E-state index contributed by atoms with van der Waals surface area (Å²) in [5.74, 6) is 1.72. The Labute approximate surface area is 274 Å². The minimum atomic E-state index is 0.561. The van der Waals surface area contributed by atoms with Crippen molar-refractivity contribution in [3.05, 3.63) is 146 Å². The van der Waals surface area contributed by atoms with E-state index in [9.17, 15) is 0 Å². The molecule has 48 heavy (non-hydrogen) atoms. The Balaban J connectivity index is 1.30. The zero-order valence-electron chi connectivity index (χ0n) is 25.5. The third kappa shape index (κ3) is 4.13. The van der Waals surface area contributed by atoms with E-state index in [1.54, 1.807) is 0 Å². The molecule has 0 unspecified atom stereocenters. The molecule has 0 aliphatic rings. The lowest BCUT2D eigenvalue weighted by molar-refractivity contribution is 0.669. The first-order valence-electron chi connectivity index (χ1n) is 15.8. The first-order chi connectivity index (χ1) is 23.8. The lowest BCUT2D eigenvalue weighted by Gasteiger charge is -2.11. The van der Waals surface area contributed by atoms with Gasteiger partial charge in [-0.15, -0.1) is 0 Å². The van der Waals surface area contributed by atoms with E-state index in [-0.39, 0.29) is 0 Å². The Morgan fingerprint density at radius 2 is 1.10 bits per heavy atom. The number of para-hydroxylation sites is 1. The number of furan rings is 2. The largest absolute Gasteiger partial charge is 0.456 e. The van der Waals surface area contributed by atoms with Gasteiger partial charge in [-0.3, -0.25) is 4.98 Å². The Kier molecular flexibility index (Phi) is 5.77. The van der Waals surface area contributed by atoms with Gasteiger partial charge in [-0.2, -0.15) is 0 Å². The Hall–Kier alpha value is -6.66. The summed E-state index contributed by atoms with van der Waals surface area (Å²) in [7, 11) is 0. The summed E-state index contributed by atoms with van der Waals surface area (Å²) in [5, 5.41) is 6.03. The van der Waals surface area contributed by atoms with Crippen molar-refractivity contribution >= 4 is 54.6 Å². The molecule has 0 spiro atoms. The lowest BCUT2D eigenvalue weighted by Crippen LogP contribution is -2.01. The van der Waals surface area contributed by atoms with E-state index >= 15 is 0 Å². The molecule has 0 fully saturated rings. The molecule has 10 aromatic rings. The fourth-order valence-electron chi connectivity index (χ4n) is 6.79. The summed E-state index contributed by atoms with van der Waals surface area (Å²) in [5.41, 5.74) is 7.88. The molecular formula is C42H24N4O2. The second-order valence-electron chi connectivity index (χ2n) is 11.9. The summed E-state index contributed by atoms with van der Waals surface area (Å²) in [6.45, 7) is 0. The van der Waals surface area contributed by atoms with Crippen molar-refractivity contribution in [1.29, 1.82) is 0 Å². The third-order valence-corrected chi connectivity index (χ3v) is 9.01. The van der Waals surface area contributed by atoms with Crippen LogP contribution >= 0.6 is 0 Å². The monoisotopic (exact) mass is 616 g/mol. The van der Waals surface area contributed by atoms with E-state index < -0.39 is 0 Å². The van der Waals surface area contributed by atoms with Gasteiger partial charge in [-0.1, -0.05) is 91.0 Å². The second-order valence-corrected chi connectivity index (χ2v) is 11.9. The Morgan fingerprint density at radius 1 is 0.417 bits per heavy atom. The summed E-state index contributed by atoms with van der Waals surface area (Å²) in [4.78, 5) is 19.8. The molecule has 0 aliphatic heterocycles. The Bertz CT molecular complexity index is 2840. The van der Waals surface area contributed by atoms with Gasteiger partial charge in [-0.05, 0) is 53.4 Å². The van der Waals surface area contributed by atoms with Crippen molar-refractivity contribution in [2.45, 2.75) is 0 Å². The van der Waals surface area contributed by atoms with Gasteiger partial charge < -0.3 is 8.83 Å². The van der Waals surface area contributed by atoms with E-state index in [0.717, 1.165) is 82.5 Å². The van der Waals surface area contributed by atoms with E-state index in [2.05, 4.69) is 53.5 Å². The van der Waals surface area contributed by atoms with Crippen LogP contribution < -0.4 is 0 Å². The highest BCUT2D eigenvalue weighted by atomic mass is 16.3. The van der Waals surface area contributed by atoms with Crippen molar-refractivity contribution in [2.24, 2.45) is 0 Å². The van der Waals surface area contributed by atoms with Crippen LogP contribution in [0.15, 0.2) is 155 Å². The average molecular weight is 617 g/mol. The molecule has 6 aromatic carbocycles. The highest BCUT2D eigenvalue weighted by molar-refractivity contribution is 6.18. The molecule has 224 valence electrons. The number of rotatable bonds is 4. The van der Waals surface area contributed by atoms with Crippen molar-refractivity contribution in [2.75, 3.05) is 0 Å². The molecule has 10 rings (SSSR count). The molecular weight excluding hydrogens is 592 g/mol.